The largest absolute Gasteiger partial charge is 0.340 e. The number of allylic oxidation sites excluding steroid dienone is 2. The molecule has 0 fully saturated rings. The zero-order valence-corrected chi connectivity index (χ0v) is 16.5. The minimum Gasteiger partial charge on any atom is -0.340 e. The average molecular weight is 388 g/mol. The number of nitriles is 1. The van der Waals surface area contributed by atoms with Crippen molar-refractivity contribution in [3.05, 3.63) is 77.3 Å². The normalized spacial score (nSPS) is 11.8. The molecule has 2 heterocycles. The van der Waals surface area contributed by atoms with Crippen LogP contribution in [0.4, 0.5) is 0 Å². The number of hydrogen-bond acceptors (Lipinski definition) is 4. The molecule has 4 rings (SSSR count). The van der Waals surface area contributed by atoms with Crippen molar-refractivity contribution < 1.29 is 0 Å². The SMILES string of the molecule is C=CCn1c(C)c(/C=C(\C#N)Sc2nc3ccccc3s2)c2ccccc21. The Kier molecular flexibility index (Phi) is 4.85. The van der Waals surface area contributed by atoms with Crippen LogP contribution >= 0.6 is 23.1 Å². The second-order valence-corrected chi connectivity index (χ2v) is 8.41. The van der Waals surface area contributed by atoms with Crippen LogP contribution in [0.2, 0.25) is 0 Å². The molecule has 0 saturated carbocycles. The quantitative estimate of drug-likeness (QED) is 0.226. The average Bonchev–Trinajstić information content (AvgIpc) is 3.21. The van der Waals surface area contributed by atoms with Crippen LogP contribution in [0.1, 0.15) is 11.3 Å². The lowest BCUT2D eigenvalue weighted by molar-refractivity contribution is 0.828. The first-order chi connectivity index (χ1) is 13.2. The van der Waals surface area contributed by atoms with Crippen LogP contribution in [0, 0.1) is 18.3 Å². The number of thioether (sulfide) groups is 1. The summed E-state index contributed by atoms with van der Waals surface area (Å²) in [5.41, 5.74) is 4.34. The molecule has 3 nitrogen and oxygen atoms in total. The van der Waals surface area contributed by atoms with Gasteiger partial charge in [-0.05, 0) is 43.0 Å². The summed E-state index contributed by atoms with van der Waals surface area (Å²) in [5.74, 6) is 0. The summed E-state index contributed by atoms with van der Waals surface area (Å²) in [5, 5.41) is 10.9. The number of fused-ring (bicyclic) bond motifs is 2. The molecule has 0 aliphatic rings. The van der Waals surface area contributed by atoms with Crippen molar-refractivity contribution in [2.24, 2.45) is 0 Å². The molecule has 0 aliphatic carbocycles. The summed E-state index contributed by atoms with van der Waals surface area (Å²) >= 11 is 3.04. The van der Waals surface area contributed by atoms with Gasteiger partial charge in [-0.25, -0.2) is 4.98 Å². The number of nitrogens with zero attached hydrogens (tertiary/aromatic N) is 3. The number of rotatable bonds is 5. The summed E-state index contributed by atoms with van der Waals surface area (Å²) < 4.78 is 4.25. The summed E-state index contributed by atoms with van der Waals surface area (Å²) in [7, 11) is 0. The van der Waals surface area contributed by atoms with E-state index in [1.165, 1.54) is 11.8 Å². The van der Waals surface area contributed by atoms with Crippen LogP contribution in [0.15, 0.2) is 70.4 Å². The van der Waals surface area contributed by atoms with Crippen LogP contribution in [0.3, 0.4) is 0 Å². The monoisotopic (exact) mass is 387 g/mol. The smallest absolute Gasteiger partial charge is 0.156 e. The Labute approximate surface area is 166 Å². The predicted octanol–water partition coefficient (Wildman–Crippen LogP) is 6.40. The van der Waals surface area contributed by atoms with Crippen molar-refractivity contribution in [3.8, 4) is 6.07 Å². The van der Waals surface area contributed by atoms with Crippen LogP contribution in [0.5, 0.6) is 0 Å². The van der Waals surface area contributed by atoms with Crippen LogP contribution < -0.4 is 0 Å². The molecule has 132 valence electrons. The number of thiazole rings is 1. The van der Waals surface area contributed by atoms with E-state index in [-0.39, 0.29) is 0 Å². The van der Waals surface area contributed by atoms with E-state index in [4.69, 9.17) is 0 Å². The predicted molar refractivity (Wildman–Crippen MR) is 116 cm³/mol. The molecule has 0 radical (unpaired) electrons. The van der Waals surface area contributed by atoms with Gasteiger partial charge in [0.2, 0.25) is 0 Å². The second-order valence-electron chi connectivity index (χ2n) is 6.09. The Balaban J connectivity index is 1.77. The zero-order valence-electron chi connectivity index (χ0n) is 14.8. The minimum atomic E-state index is 0.638. The molecule has 2 aromatic carbocycles. The van der Waals surface area contributed by atoms with E-state index < -0.39 is 0 Å². The molecule has 4 aromatic rings. The molecule has 0 unspecified atom stereocenters. The van der Waals surface area contributed by atoms with Crippen molar-refractivity contribution in [2.45, 2.75) is 17.8 Å². The van der Waals surface area contributed by atoms with Crippen molar-refractivity contribution in [3.63, 3.8) is 0 Å². The van der Waals surface area contributed by atoms with E-state index >= 15 is 0 Å². The van der Waals surface area contributed by atoms with E-state index in [0.717, 1.165) is 43.3 Å². The molecule has 0 N–H and O–H groups in total. The number of para-hydroxylation sites is 2. The Morgan fingerprint density at radius 1 is 1.26 bits per heavy atom. The third kappa shape index (κ3) is 3.30. The van der Waals surface area contributed by atoms with Crippen molar-refractivity contribution in [1.29, 1.82) is 5.26 Å². The Morgan fingerprint density at radius 2 is 2.04 bits per heavy atom. The third-order valence-corrected chi connectivity index (χ3v) is 6.47. The molecule has 0 spiro atoms. The van der Waals surface area contributed by atoms with Gasteiger partial charge in [-0.1, -0.05) is 36.4 Å². The van der Waals surface area contributed by atoms with Crippen molar-refractivity contribution in [2.75, 3.05) is 0 Å². The zero-order chi connectivity index (χ0) is 18.8. The first kappa shape index (κ1) is 17.6. The highest BCUT2D eigenvalue weighted by Crippen LogP contribution is 2.36. The van der Waals surface area contributed by atoms with Gasteiger partial charge < -0.3 is 4.57 Å². The Bertz CT molecular complexity index is 1190. The lowest BCUT2D eigenvalue weighted by Gasteiger charge is -2.04. The molecule has 0 saturated heterocycles. The summed E-state index contributed by atoms with van der Waals surface area (Å²) in [6.45, 7) is 6.70. The molecule has 0 aliphatic heterocycles. The van der Waals surface area contributed by atoms with Crippen LogP contribution in [0.25, 0.3) is 27.2 Å². The lowest BCUT2D eigenvalue weighted by Crippen LogP contribution is -1.97. The second kappa shape index (κ2) is 7.43. The van der Waals surface area contributed by atoms with Crippen molar-refractivity contribution in [1.82, 2.24) is 9.55 Å². The standard InChI is InChI=1S/C22H17N3S2/c1-3-12-25-15(2)18(17-8-4-6-10-20(17)25)13-16(14-23)26-22-24-19-9-5-7-11-21(19)27-22/h3-11,13H,1,12H2,2H3/b16-13+. The number of hydrogen-bond donors (Lipinski definition) is 0. The van der Waals surface area contributed by atoms with E-state index in [1.54, 1.807) is 11.3 Å². The van der Waals surface area contributed by atoms with Crippen LogP contribution in [-0.4, -0.2) is 9.55 Å². The maximum absolute atomic E-state index is 9.71. The first-order valence-corrected chi connectivity index (χ1v) is 10.2. The molecule has 0 atom stereocenters. The van der Waals surface area contributed by atoms with Gasteiger partial charge in [0.15, 0.2) is 4.34 Å². The van der Waals surface area contributed by atoms with Gasteiger partial charge in [0.1, 0.15) is 6.07 Å². The topological polar surface area (TPSA) is 41.6 Å². The summed E-state index contributed by atoms with van der Waals surface area (Å²) in [6.07, 6.45) is 3.88. The number of benzene rings is 2. The van der Waals surface area contributed by atoms with E-state index in [0.29, 0.717) is 4.91 Å². The minimum absolute atomic E-state index is 0.638. The maximum atomic E-state index is 9.71. The Hall–Kier alpha value is -2.81. The van der Waals surface area contributed by atoms with Gasteiger partial charge in [0.25, 0.3) is 0 Å². The molecule has 0 bridgehead atoms. The van der Waals surface area contributed by atoms with Crippen molar-refractivity contribution >= 4 is 50.3 Å². The van der Waals surface area contributed by atoms with Gasteiger partial charge in [-0.2, -0.15) is 5.26 Å². The third-order valence-electron chi connectivity index (χ3n) is 4.45. The summed E-state index contributed by atoms with van der Waals surface area (Å²) in [4.78, 5) is 5.27. The highest BCUT2D eigenvalue weighted by Gasteiger charge is 2.13. The maximum Gasteiger partial charge on any atom is 0.156 e. The van der Waals surface area contributed by atoms with E-state index in [2.05, 4.69) is 47.3 Å². The summed E-state index contributed by atoms with van der Waals surface area (Å²) in [6, 6.07) is 18.7. The fourth-order valence-electron chi connectivity index (χ4n) is 3.21. The van der Waals surface area contributed by atoms with Gasteiger partial charge in [0, 0.05) is 28.7 Å². The Morgan fingerprint density at radius 3 is 2.81 bits per heavy atom. The molecular weight excluding hydrogens is 370 g/mol. The van der Waals surface area contributed by atoms with Gasteiger partial charge in [-0.15, -0.1) is 17.9 Å². The molecular formula is C22H17N3S2. The lowest BCUT2D eigenvalue weighted by atomic mass is 10.1. The van der Waals surface area contributed by atoms with Gasteiger partial charge in [-0.3, -0.25) is 0 Å². The van der Waals surface area contributed by atoms with Crippen LogP contribution in [-0.2, 0) is 6.54 Å². The highest BCUT2D eigenvalue weighted by atomic mass is 32.2. The molecule has 0 amide bonds. The molecule has 27 heavy (non-hydrogen) atoms. The molecule has 2 aromatic heterocycles. The van der Waals surface area contributed by atoms with E-state index in [1.807, 2.05) is 42.5 Å². The fraction of sp³-hybridized carbons (Fsp3) is 0.0909. The van der Waals surface area contributed by atoms with Gasteiger partial charge in [0.05, 0.1) is 15.1 Å². The van der Waals surface area contributed by atoms with Gasteiger partial charge >= 0.3 is 0 Å². The van der Waals surface area contributed by atoms with E-state index in [9.17, 15) is 5.26 Å². The first-order valence-electron chi connectivity index (χ1n) is 8.55. The highest BCUT2D eigenvalue weighted by molar-refractivity contribution is 8.05. The molecule has 5 heteroatoms. The number of aromatic nitrogens is 2. The fourth-order valence-corrected chi connectivity index (χ4v) is 5.17.